The summed E-state index contributed by atoms with van der Waals surface area (Å²) in [5.41, 5.74) is 2.64. The van der Waals surface area contributed by atoms with Crippen LogP contribution < -0.4 is 10.6 Å². The average Bonchev–Trinajstić information content (AvgIpc) is 3.05. The molecule has 1 atom stereocenters. The maximum atomic E-state index is 12.1. The fraction of sp³-hybridized carbons (Fsp3) is 0.333. The van der Waals surface area contributed by atoms with Gasteiger partial charge in [-0.25, -0.2) is 0 Å². The summed E-state index contributed by atoms with van der Waals surface area (Å²) in [7, 11) is 3.77. The van der Waals surface area contributed by atoms with E-state index in [0.29, 0.717) is 5.69 Å². The second-order valence-electron chi connectivity index (χ2n) is 5.91. The maximum Gasteiger partial charge on any atom is 0.313 e. The first-order chi connectivity index (χ1) is 11.4. The molecule has 0 aliphatic rings. The molecule has 0 spiro atoms. The SMILES string of the molecule is Cc1cccc(NC(=O)C(=O)NC[C@H](c2ccco2)N(C)C)c1C. The molecule has 2 rings (SSSR count). The molecule has 2 aromatic rings. The third-order valence-electron chi connectivity index (χ3n) is 4.01. The monoisotopic (exact) mass is 329 g/mol. The zero-order chi connectivity index (χ0) is 17.7. The van der Waals surface area contributed by atoms with Gasteiger partial charge in [0.25, 0.3) is 0 Å². The first-order valence-electron chi connectivity index (χ1n) is 7.75. The summed E-state index contributed by atoms with van der Waals surface area (Å²) < 4.78 is 5.38. The van der Waals surface area contributed by atoms with Crippen molar-refractivity contribution < 1.29 is 14.0 Å². The van der Waals surface area contributed by atoms with Crippen LogP contribution in [0.25, 0.3) is 0 Å². The summed E-state index contributed by atoms with van der Waals surface area (Å²) in [6, 6.07) is 9.06. The number of likely N-dealkylation sites (N-methyl/N-ethyl adjacent to an activating group) is 1. The van der Waals surface area contributed by atoms with Crippen LogP contribution in [0.1, 0.15) is 22.9 Å². The first kappa shape index (κ1) is 17.7. The number of nitrogens with zero attached hydrogens (tertiary/aromatic N) is 1. The molecule has 2 amide bonds. The Hall–Kier alpha value is -2.60. The fourth-order valence-electron chi connectivity index (χ4n) is 2.35. The number of carbonyl (C=O) groups excluding carboxylic acids is 2. The molecule has 0 saturated carbocycles. The molecule has 1 aromatic carbocycles. The minimum absolute atomic E-state index is 0.141. The molecule has 0 bridgehead atoms. The number of rotatable bonds is 5. The summed E-state index contributed by atoms with van der Waals surface area (Å²) >= 11 is 0. The van der Waals surface area contributed by atoms with E-state index in [-0.39, 0.29) is 12.6 Å². The Kier molecular flexibility index (Phi) is 5.76. The number of hydrogen-bond donors (Lipinski definition) is 2. The molecule has 0 unspecified atom stereocenters. The van der Waals surface area contributed by atoms with Gasteiger partial charge in [0.1, 0.15) is 5.76 Å². The molecule has 0 fully saturated rings. The molecule has 1 aromatic heterocycles. The lowest BCUT2D eigenvalue weighted by Crippen LogP contribution is -2.40. The number of hydrogen-bond acceptors (Lipinski definition) is 4. The Labute approximate surface area is 141 Å². The fourth-order valence-corrected chi connectivity index (χ4v) is 2.35. The quantitative estimate of drug-likeness (QED) is 0.825. The number of anilines is 1. The predicted molar refractivity (Wildman–Crippen MR) is 92.7 cm³/mol. The van der Waals surface area contributed by atoms with Gasteiger partial charge in [0.05, 0.1) is 12.3 Å². The summed E-state index contributed by atoms with van der Waals surface area (Å²) in [6.07, 6.45) is 1.58. The van der Waals surface area contributed by atoms with E-state index in [1.54, 1.807) is 18.4 Å². The third kappa shape index (κ3) is 4.23. The van der Waals surface area contributed by atoms with Crippen molar-refractivity contribution in [1.29, 1.82) is 0 Å². The summed E-state index contributed by atoms with van der Waals surface area (Å²) in [5.74, 6) is -0.620. The molecule has 6 heteroatoms. The highest BCUT2D eigenvalue weighted by Gasteiger charge is 2.21. The topological polar surface area (TPSA) is 74.6 Å². The van der Waals surface area contributed by atoms with Gasteiger partial charge in [-0.2, -0.15) is 0 Å². The van der Waals surface area contributed by atoms with E-state index in [1.807, 2.05) is 51.0 Å². The van der Waals surface area contributed by atoms with Gasteiger partial charge in [0.2, 0.25) is 0 Å². The van der Waals surface area contributed by atoms with Gasteiger partial charge in [0, 0.05) is 12.2 Å². The van der Waals surface area contributed by atoms with E-state index in [9.17, 15) is 9.59 Å². The Bertz CT molecular complexity index is 708. The zero-order valence-electron chi connectivity index (χ0n) is 14.4. The number of nitrogens with one attached hydrogen (secondary N) is 2. The van der Waals surface area contributed by atoms with Crippen LogP contribution >= 0.6 is 0 Å². The smallest absolute Gasteiger partial charge is 0.313 e. The van der Waals surface area contributed by atoms with E-state index < -0.39 is 11.8 Å². The van der Waals surface area contributed by atoms with Crippen LogP contribution in [0.2, 0.25) is 0 Å². The van der Waals surface area contributed by atoms with Crippen molar-refractivity contribution in [2.75, 3.05) is 26.0 Å². The number of carbonyl (C=O) groups is 2. The van der Waals surface area contributed by atoms with Crippen molar-refractivity contribution in [3.8, 4) is 0 Å². The van der Waals surface area contributed by atoms with E-state index in [2.05, 4.69) is 10.6 Å². The minimum Gasteiger partial charge on any atom is -0.468 e. The summed E-state index contributed by atoms with van der Waals surface area (Å²) in [5, 5.41) is 5.30. The van der Waals surface area contributed by atoms with E-state index in [0.717, 1.165) is 16.9 Å². The van der Waals surface area contributed by atoms with Crippen LogP contribution in [0, 0.1) is 13.8 Å². The molecular formula is C18H23N3O3. The van der Waals surface area contributed by atoms with E-state index >= 15 is 0 Å². The Morgan fingerprint density at radius 1 is 1.12 bits per heavy atom. The highest BCUT2D eigenvalue weighted by atomic mass is 16.3. The summed E-state index contributed by atoms with van der Waals surface area (Å²) in [6.45, 7) is 4.14. The van der Waals surface area contributed by atoms with Gasteiger partial charge in [-0.15, -0.1) is 0 Å². The zero-order valence-corrected chi connectivity index (χ0v) is 14.4. The molecule has 0 aliphatic heterocycles. The molecule has 128 valence electrons. The van der Waals surface area contributed by atoms with E-state index in [4.69, 9.17) is 4.42 Å². The third-order valence-corrected chi connectivity index (χ3v) is 4.01. The van der Waals surface area contributed by atoms with Gasteiger partial charge < -0.3 is 15.1 Å². The van der Waals surface area contributed by atoms with Gasteiger partial charge >= 0.3 is 11.8 Å². The number of amides is 2. The molecule has 0 aliphatic carbocycles. The molecule has 24 heavy (non-hydrogen) atoms. The van der Waals surface area contributed by atoms with Gasteiger partial charge in [-0.1, -0.05) is 12.1 Å². The van der Waals surface area contributed by atoms with Gasteiger partial charge in [0.15, 0.2) is 0 Å². The normalized spacial score (nSPS) is 12.0. The van der Waals surface area contributed by atoms with Crippen LogP contribution in [0.15, 0.2) is 41.0 Å². The van der Waals surface area contributed by atoms with Crippen LogP contribution in [0.5, 0.6) is 0 Å². The van der Waals surface area contributed by atoms with Gasteiger partial charge in [-0.3, -0.25) is 14.5 Å². The predicted octanol–water partition coefficient (Wildman–Crippen LogP) is 2.25. The van der Waals surface area contributed by atoms with Crippen molar-refractivity contribution in [2.45, 2.75) is 19.9 Å². The van der Waals surface area contributed by atoms with Crippen molar-refractivity contribution in [3.05, 3.63) is 53.5 Å². The van der Waals surface area contributed by atoms with E-state index in [1.165, 1.54) is 0 Å². The molecule has 2 N–H and O–H groups in total. The molecule has 1 heterocycles. The Balaban J connectivity index is 1.96. The number of aryl methyl sites for hydroxylation is 1. The Morgan fingerprint density at radius 2 is 1.88 bits per heavy atom. The molecule has 6 nitrogen and oxygen atoms in total. The summed E-state index contributed by atoms with van der Waals surface area (Å²) in [4.78, 5) is 26.1. The van der Waals surface area contributed by atoms with Crippen molar-refractivity contribution in [1.82, 2.24) is 10.2 Å². The minimum atomic E-state index is -0.680. The van der Waals surface area contributed by atoms with Crippen molar-refractivity contribution >= 4 is 17.5 Å². The molecular weight excluding hydrogens is 306 g/mol. The second kappa shape index (κ2) is 7.79. The van der Waals surface area contributed by atoms with Crippen molar-refractivity contribution in [3.63, 3.8) is 0 Å². The van der Waals surface area contributed by atoms with Crippen LogP contribution in [-0.4, -0.2) is 37.4 Å². The molecule has 0 saturated heterocycles. The van der Waals surface area contributed by atoms with Crippen molar-refractivity contribution in [2.24, 2.45) is 0 Å². The lowest BCUT2D eigenvalue weighted by Gasteiger charge is -2.22. The van der Waals surface area contributed by atoms with Gasteiger partial charge in [-0.05, 0) is 57.3 Å². The maximum absolute atomic E-state index is 12.1. The number of furan rings is 1. The highest BCUT2D eigenvalue weighted by molar-refractivity contribution is 6.39. The van der Waals surface area contributed by atoms with Crippen LogP contribution in [0.3, 0.4) is 0 Å². The standard InChI is InChI=1S/C18H23N3O3/c1-12-7-5-8-14(13(12)2)20-18(23)17(22)19-11-15(21(3)4)16-9-6-10-24-16/h5-10,15H,11H2,1-4H3,(H,19,22)(H,20,23)/t15-/m1/s1. The first-order valence-corrected chi connectivity index (χ1v) is 7.75. The molecule has 0 radical (unpaired) electrons. The second-order valence-corrected chi connectivity index (χ2v) is 5.91. The lowest BCUT2D eigenvalue weighted by molar-refractivity contribution is -0.136. The number of benzene rings is 1. The van der Waals surface area contributed by atoms with Crippen LogP contribution in [0.4, 0.5) is 5.69 Å². The van der Waals surface area contributed by atoms with Crippen LogP contribution in [-0.2, 0) is 9.59 Å². The average molecular weight is 329 g/mol. The Morgan fingerprint density at radius 3 is 2.50 bits per heavy atom. The lowest BCUT2D eigenvalue weighted by atomic mass is 10.1. The highest BCUT2D eigenvalue weighted by Crippen LogP contribution is 2.19. The largest absolute Gasteiger partial charge is 0.468 e.